The molecular formula is C22H20Cl2O2Ti2. The van der Waals surface area contributed by atoms with E-state index in [1.807, 2.05) is 44.8 Å². The van der Waals surface area contributed by atoms with Crippen LogP contribution < -0.4 is 24.8 Å². The largest absolute Gasteiger partial charge is 1.00 e. The Labute approximate surface area is 190 Å². The molecule has 0 heterocycles. The van der Waals surface area contributed by atoms with Gasteiger partial charge in [0.05, 0.1) is 0 Å². The fraction of sp³-hybridized carbons (Fsp3) is 0.182. The van der Waals surface area contributed by atoms with Gasteiger partial charge in [0.25, 0.3) is 0 Å². The number of allylic oxidation sites excluding steroid dienone is 16. The zero-order valence-electron chi connectivity index (χ0n) is 15.3. The molecule has 0 aromatic carbocycles. The Morgan fingerprint density at radius 1 is 0.643 bits per heavy atom. The van der Waals surface area contributed by atoms with Gasteiger partial charge in [-0.2, -0.15) is 0 Å². The van der Waals surface area contributed by atoms with Crippen molar-refractivity contribution in [2.75, 3.05) is 0 Å². The smallest absolute Gasteiger partial charge is 1.00 e. The first-order valence-electron chi connectivity index (χ1n) is 8.78. The first kappa shape index (κ1) is 25.1. The van der Waals surface area contributed by atoms with Crippen LogP contribution in [0.2, 0.25) is 0 Å². The van der Waals surface area contributed by atoms with Crippen LogP contribution in [0, 0.1) is 0 Å². The Morgan fingerprint density at radius 2 is 1.04 bits per heavy atom. The summed E-state index contributed by atoms with van der Waals surface area (Å²) in [5.74, 6) is 0. The molecule has 0 amide bonds. The van der Waals surface area contributed by atoms with E-state index in [-0.39, 0.29) is 44.0 Å². The number of hydrogen-bond acceptors (Lipinski definition) is 2. The third kappa shape index (κ3) is 6.04. The summed E-state index contributed by atoms with van der Waals surface area (Å²) in [6.45, 7) is 0. The van der Waals surface area contributed by atoms with Gasteiger partial charge in [-0.1, -0.05) is 0 Å². The van der Waals surface area contributed by atoms with E-state index in [1.54, 1.807) is 7.76 Å². The Hall–Kier alpha value is -0.911. The minimum absolute atomic E-state index is 0. The van der Waals surface area contributed by atoms with Gasteiger partial charge in [0, 0.05) is 0 Å². The molecule has 0 aromatic heterocycles. The van der Waals surface area contributed by atoms with Crippen molar-refractivity contribution >= 4 is 8.36 Å². The summed E-state index contributed by atoms with van der Waals surface area (Å²) in [5.41, 5.74) is 0. The van der Waals surface area contributed by atoms with Crippen LogP contribution in [0.4, 0.5) is 0 Å². The first-order chi connectivity index (χ1) is 12.8. The molecule has 4 aliphatic rings. The number of carbonyl (C=O) groups excluding carboxylic acids is 2. The van der Waals surface area contributed by atoms with Gasteiger partial charge >= 0.3 is 167 Å². The second-order valence-corrected chi connectivity index (χ2v) is 13.8. The molecule has 0 radical (unpaired) electrons. The van der Waals surface area contributed by atoms with Gasteiger partial charge in [-0.05, 0) is 0 Å². The molecule has 0 N–H and O–H groups in total. The molecule has 6 heteroatoms. The van der Waals surface area contributed by atoms with Crippen molar-refractivity contribution in [1.29, 1.82) is 0 Å². The van der Waals surface area contributed by atoms with Crippen LogP contribution in [-0.4, -0.2) is 8.36 Å². The van der Waals surface area contributed by atoms with Gasteiger partial charge in [-0.3, -0.25) is 0 Å². The summed E-state index contributed by atoms with van der Waals surface area (Å²) in [6, 6.07) is 0. The van der Waals surface area contributed by atoms with Crippen LogP contribution in [0.5, 0.6) is 0 Å². The van der Waals surface area contributed by atoms with Crippen molar-refractivity contribution in [2.45, 2.75) is 25.7 Å². The second kappa shape index (κ2) is 12.6. The minimum Gasteiger partial charge on any atom is -1.00 e. The fourth-order valence-electron chi connectivity index (χ4n) is 3.23. The zero-order chi connectivity index (χ0) is 18.2. The Bertz CT molecular complexity index is 917. The molecule has 0 unspecified atom stereocenters. The van der Waals surface area contributed by atoms with Crippen LogP contribution in [0.15, 0.2) is 88.4 Å². The molecule has 0 saturated carbocycles. The number of rotatable bonds is 4. The van der Waals surface area contributed by atoms with E-state index in [4.69, 9.17) is 0 Å². The van der Waals surface area contributed by atoms with E-state index in [0.29, 0.717) is 12.8 Å². The summed E-state index contributed by atoms with van der Waals surface area (Å²) < 4.78 is 9.36. The first-order valence-corrected chi connectivity index (χ1v) is 13.5. The summed E-state index contributed by atoms with van der Waals surface area (Å²) >= 11 is -3.38. The zero-order valence-corrected chi connectivity index (χ0v) is 20.0. The average molecular weight is 483 g/mol. The normalized spacial score (nSPS) is 17.1. The molecule has 4 aliphatic carbocycles. The molecule has 0 bridgehead atoms. The van der Waals surface area contributed by atoms with Gasteiger partial charge in [0.2, 0.25) is 0 Å². The van der Waals surface area contributed by atoms with E-state index in [0.717, 1.165) is 7.76 Å². The van der Waals surface area contributed by atoms with Crippen molar-refractivity contribution in [1.82, 2.24) is 0 Å². The van der Waals surface area contributed by atoms with Gasteiger partial charge in [0.1, 0.15) is 0 Å². The summed E-state index contributed by atoms with van der Waals surface area (Å²) in [4.78, 5) is 22.4. The standard InChI is InChI=1S/4C5H5.2CO.2ClH.2Ti/c4*1-2-4-5-3-1;2*1-2;;;;/h4*1-3H,4H2;;;2*1H;;/q;;;;;;;;;+2/p-2. The Kier molecular flexibility index (Phi) is 11.3. The van der Waals surface area contributed by atoms with Crippen LogP contribution in [0.1, 0.15) is 25.7 Å². The number of hydrogen-bond donors (Lipinski definition) is 0. The maximum absolute atomic E-state index is 11.2. The van der Waals surface area contributed by atoms with E-state index in [2.05, 4.69) is 36.5 Å². The van der Waals surface area contributed by atoms with Crippen molar-refractivity contribution in [2.24, 2.45) is 0 Å². The predicted octanol–water partition coefficient (Wildman–Crippen LogP) is -1.27. The van der Waals surface area contributed by atoms with Gasteiger partial charge in [0.15, 0.2) is 0 Å². The molecule has 0 atom stereocenters. The second-order valence-electron chi connectivity index (χ2n) is 6.38. The molecule has 0 saturated heterocycles. The molecule has 0 spiro atoms. The summed E-state index contributed by atoms with van der Waals surface area (Å²) in [7, 11) is 0. The maximum atomic E-state index is 11.2. The fourth-order valence-corrected chi connectivity index (χ4v) is 9.05. The topological polar surface area (TPSA) is 34.1 Å². The molecule has 0 aromatic rings. The molecular weight excluding hydrogens is 463 g/mol. The molecule has 2 nitrogen and oxygen atoms in total. The molecule has 0 aliphatic heterocycles. The van der Waals surface area contributed by atoms with Gasteiger partial charge in [-0.25, -0.2) is 0 Å². The SMILES string of the molecule is C1=CC[C]([Ti+2][C]2=CC=CC2)=C1.O=[C]=[Ti](=[C]=O)([C]1=CC=CC1)[C]1=CC=CC1.[Cl-].[Cl-]. The summed E-state index contributed by atoms with van der Waals surface area (Å²) in [5, 5.41) is 0. The van der Waals surface area contributed by atoms with E-state index in [9.17, 15) is 9.59 Å². The van der Waals surface area contributed by atoms with Crippen LogP contribution in [0.25, 0.3) is 0 Å². The predicted molar refractivity (Wildman–Crippen MR) is 98.7 cm³/mol. The Morgan fingerprint density at radius 3 is 1.32 bits per heavy atom. The third-order valence-electron chi connectivity index (χ3n) is 4.68. The monoisotopic (exact) mass is 482 g/mol. The average Bonchev–Trinajstić information content (AvgIpc) is 3.46. The Balaban J connectivity index is 0.000000271. The van der Waals surface area contributed by atoms with E-state index >= 15 is 0 Å². The maximum Gasteiger partial charge on any atom is -1.00 e. The summed E-state index contributed by atoms with van der Waals surface area (Å²) in [6.07, 6.45) is 28.8. The van der Waals surface area contributed by atoms with Gasteiger partial charge < -0.3 is 24.8 Å². The van der Waals surface area contributed by atoms with E-state index < -0.39 is 15.7 Å². The quantitative estimate of drug-likeness (QED) is 0.468. The van der Waals surface area contributed by atoms with Gasteiger partial charge in [-0.15, -0.1) is 0 Å². The van der Waals surface area contributed by atoms with E-state index in [1.165, 1.54) is 12.8 Å². The van der Waals surface area contributed by atoms with Crippen molar-refractivity contribution in [3.05, 3.63) is 88.4 Å². The molecule has 142 valence electrons. The molecule has 28 heavy (non-hydrogen) atoms. The number of halogens is 2. The third-order valence-corrected chi connectivity index (χ3v) is 12.0. The van der Waals surface area contributed by atoms with Crippen LogP contribution >= 0.6 is 0 Å². The minimum atomic E-state index is -3.46. The molecule has 0 fully saturated rings. The van der Waals surface area contributed by atoms with Crippen LogP contribution in [0.3, 0.4) is 0 Å². The molecule has 4 rings (SSSR count). The van der Waals surface area contributed by atoms with Crippen molar-refractivity contribution in [3.8, 4) is 0 Å². The van der Waals surface area contributed by atoms with Crippen LogP contribution in [-0.2, 0) is 44.4 Å². The van der Waals surface area contributed by atoms with Crippen molar-refractivity contribution < 1.29 is 69.2 Å². The van der Waals surface area contributed by atoms with Crippen molar-refractivity contribution in [3.63, 3.8) is 0 Å².